The van der Waals surface area contributed by atoms with E-state index in [9.17, 15) is 9.59 Å². The number of amides is 2. The van der Waals surface area contributed by atoms with Crippen LogP contribution in [0.2, 0.25) is 0 Å². The molecule has 1 aromatic carbocycles. The van der Waals surface area contributed by atoms with Gasteiger partial charge in [-0.3, -0.25) is 14.2 Å². The number of carbonyl (C=O) groups excluding carboxylic acids is 2. The fourth-order valence-electron chi connectivity index (χ4n) is 4.60. The van der Waals surface area contributed by atoms with Crippen molar-refractivity contribution in [2.24, 2.45) is 11.8 Å². The van der Waals surface area contributed by atoms with Crippen LogP contribution in [0, 0.1) is 11.8 Å². The van der Waals surface area contributed by atoms with Gasteiger partial charge in [-0.2, -0.15) is 0 Å². The van der Waals surface area contributed by atoms with E-state index in [1.165, 1.54) is 18.2 Å². The molecule has 1 atom stereocenters. The minimum Gasteiger partial charge on any atom is -0.342 e. The fourth-order valence-corrected chi connectivity index (χ4v) is 5.14. The zero-order chi connectivity index (χ0) is 21.1. The van der Waals surface area contributed by atoms with Gasteiger partial charge in [0.05, 0.1) is 6.20 Å². The zero-order valence-electron chi connectivity index (χ0n) is 17.8. The number of piperidine rings is 2. The summed E-state index contributed by atoms with van der Waals surface area (Å²) in [6, 6.07) is 9.87. The minimum atomic E-state index is -0.0100. The molecule has 0 radical (unpaired) electrons. The highest BCUT2D eigenvalue weighted by atomic mass is 32.2. The highest BCUT2D eigenvalue weighted by molar-refractivity contribution is 7.98. The number of benzene rings is 1. The van der Waals surface area contributed by atoms with Crippen LogP contribution < -0.4 is 0 Å². The summed E-state index contributed by atoms with van der Waals surface area (Å²) in [5, 5.41) is 0.800. The molecule has 0 spiro atoms. The first-order valence-electron chi connectivity index (χ1n) is 10.8. The highest BCUT2D eigenvalue weighted by Crippen LogP contribution is 2.26. The van der Waals surface area contributed by atoms with Crippen molar-refractivity contribution in [2.45, 2.75) is 37.8 Å². The third-order valence-corrected chi connectivity index (χ3v) is 6.90. The van der Waals surface area contributed by atoms with Crippen LogP contribution >= 0.6 is 11.8 Å². The van der Waals surface area contributed by atoms with Gasteiger partial charge in [0, 0.05) is 37.8 Å². The van der Waals surface area contributed by atoms with Crippen molar-refractivity contribution in [3.8, 4) is 5.69 Å². The molecule has 7 heteroatoms. The second-order valence-electron chi connectivity index (χ2n) is 8.40. The quantitative estimate of drug-likeness (QED) is 0.700. The molecule has 1 unspecified atom stereocenters. The van der Waals surface area contributed by atoms with Gasteiger partial charge in [0.1, 0.15) is 5.69 Å². The summed E-state index contributed by atoms with van der Waals surface area (Å²) < 4.78 is 1.93. The molecule has 2 aromatic rings. The number of hydrogen-bond donors (Lipinski definition) is 0. The summed E-state index contributed by atoms with van der Waals surface area (Å²) in [5.41, 5.74) is 1.52. The van der Waals surface area contributed by atoms with Gasteiger partial charge in [0.15, 0.2) is 5.16 Å². The van der Waals surface area contributed by atoms with Crippen molar-refractivity contribution < 1.29 is 9.59 Å². The van der Waals surface area contributed by atoms with Gasteiger partial charge in [0.25, 0.3) is 5.91 Å². The van der Waals surface area contributed by atoms with Crippen LogP contribution in [0.4, 0.5) is 0 Å². The number of imidazole rings is 1. The molecule has 4 rings (SSSR count). The first-order chi connectivity index (χ1) is 14.6. The molecular formula is C23H30N4O2S. The third-order valence-electron chi connectivity index (χ3n) is 6.25. The standard InChI is InChI=1S/C23H30N4O2S/c1-17-7-6-12-26(16-17)21(28)18-10-13-25(14-11-18)22(29)20-15-24-23(30-2)27(20)19-8-4-3-5-9-19/h3-5,8-9,15,17-18H,6-7,10-14,16H2,1-2H3. The van der Waals surface area contributed by atoms with Gasteiger partial charge in [-0.05, 0) is 50.0 Å². The van der Waals surface area contributed by atoms with Gasteiger partial charge in [-0.1, -0.05) is 36.9 Å². The van der Waals surface area contributed by atoms with Crippen LogP contribution in [0.5, 0.6) is 0 Å². The van der Waals surface area contributed by atoms with Gasteiger partial charge in [0.2, 0.25) is 5.91 Å². The summed E-state index contributed by atoms with van der Waals surface area (Å²) in [6.45, 7) is 5.22. The average molecular weight is 427 g/mol. The van der Waals surface area contributed by atoms with E-state index in [1.54, 1.807) is 6.20 Å². The molecule has 3 heterocycles. The molecule has 2 amide bonds. The third kappa shape index (κ3) is 4.26. The molecule has 30 heavy (non-hydrogen) atoms. The molecule has 0 bridgehead atoms. The lowest BCUT2D eigenvalue weighted by molar-refractivity contribution is -0.138. The highest BCUT2D eigenvalue weighted by Gasteiger charge is 2.33. The zero-order valence-corrected chi connectivity index (χ0v) is 18.6. The number of carbonyl (C=O) groups is 2. The first-order valence-corrected chi connectivity index (χ1v) is 12.1. The van der Waals surface area contributed by atoms with Gasteiger partial charge in [-0.15, -0.1) is 0 Å². The Morgan fingerprint density at radius 1 is 1.03 bits per heavy atom. The van der Waals surface area contributed by atoms with E-state index in [2.05, 4.69) is 11.9 Å². The topological polar surface area (TPSA) is 58.4 Å². The Balaban J connectivity index is 1.44. The van der Waals surface area contributed by atoms with E-state index >= 15 is 0 Å². The van der Waals surface area contributed by atoms with E-state index in [0.29, 0.717) is 24.7 Å². The van der Waals surface area contributed by atoms with Crippen molar-refractivity contribution in [3.05, 3.63) is 42.2 Å². The summed E-state index contributed by atoms with van der Waals surface area (Å²) >= 11 is 1.53. The molecule has 1 aromatic heterocycles. The van der Waals surface area contributed by atoms with Crippen LogP contribution in [-0.4, -0.2) is 63.6 Å². The lowest BCUT2D eigenvalue weighted by Crippen LogP contribution is -2.47. The molecule has 2 aliphatic rings. The molecule has 0 saturated carbocycles. The number of hydrogen-bond acceptors (Lipinski definition) is 4. The number of nitrogens with zero attached hydrogens (tertiary/aromatic N) is 4. The largest absolute Gasteiger partial charge is 0.342 e. The molecule has 160 valence electrons. The Hall–Kier alpha value is -2.28. The van der Waals surface area contributed by atoms with Crippen molar-refractivity contribution in [1.82, 2.24) is 19.4 Å². The molecule has 0 N–H and O–H groups in total. The SMILES string of the molecule is CSc1ncc(C(=O)N2CCC(C(=O)N3CCCC(C)C3)CC2)n1-c1ccccc1. The normalized spacial score (nSPS) is 20.4. The van der Waals surface area contributed by atoms with Crippen LogP contribution in [0.25, 0.3) is 5.69 Å². The summed E-state index contributed by atoms with van der Waals surface area (Å²) in [5.74, 6) is 0.908. The number of likely N-dealkylation sites (tertiary alicyclic amines) is 2. The van der Waals surface area contributed by atoms with E-state index in [-0.39, 0.29) is 17.7 Å². The number of para-hydroxylation sites is 1. The second kappa shape index (κ2) is 9.25. The van der Waals surface area contributed by atoms with E-state index < -0.39 is 0 Å². The minimum absolute atomic E-state index is 0.0100. The fraction of sp³-hybridized carbons (Fsp3) is 0.522. The number of rotatable bonds is 4. The van der Waals surface area contributed by atoms with Crippen LogP contribution in [0.3, 0.4) is 0 Å². The molecule has 2 aliphatic heterocycles. The van der Waals surface area contributed by atoms with Crippen molar-refractivity contribution in [3.63, 3.8) is 0 Å². The second-order valence-corrected chi connectivity index (χ2v) is 9.17. The molecule has 2 saturated heterocycles. The Labute approximate surface area is 182 Å². The van der Waals surface area contributed by atoms with Crippen LogP contribution in [0.15, 0.2) is 41.7 Å². The summed E-state index contributed by atoms with van der Waals surface area (Å²) in [7, 11) is 0. The Bertz CT molecular complexity index is 890. The lowest BCUT2D eigenvalue weighted by atomic mass is 9.92. The monoisotopic (exact) mass is 426 g/mol. The van der Waals surface area contributed by atoms with Crippen LogP contribution in [-0.2, 0) is 4.79 Å². The van der Waals surface area contributed by atoms with Gasteiger partial charge in [-0.25, -0.2) is 4.98 Å². The van der Waals surface area contributed by atoms with E-state index in [4.69, 9.17) is 0 Å². The lowest BCUT2D eigenvalue weighted by Gasteiger charge is -2.37. The Morgan fingerprint density at radius 2 is 1.77 bits per heavy atom. The van der Waals surface area contributed by atoms with Crippen molar-refractivity contribution in [1.29, 1.82) is 0 Å². The maximum absolute atomic E-state index is 13.3. The first kappa shape index (κ1) is 21.0. The van der Waals surface area contributed by atoms with Crippen molar-refractivity contribution in [2.75, 3.05) is 32.4 Å². The Kier molecular flexibility index (Phi) is 6.46. The number of thioether (sulfide) groups is 1. The summed E-state index contributed by atoms with van der Waals surface area (Å²) in [6.07, 6.45) is 7.44. The average Bonchev–Trinajstić information content (AvgIpc) is 3.23. The van der Waals surface area contributed by atoms with Crippen LogP contribution in [0.1, 0.15) is 43.1 Å². The maximum atomic E-state index is 13.3. The predicted octanol–water partition coefficient (Wildman–Crippen LogP) is 3.70. The molecule has 2 fully saturated rings. The smallest absolute Gasteiger partial charge is 0.272 e. The van der Waals surface area contributed by atoms with E-state index in [1.807, 2.05) is 51.0 Å². The Morgan fingerprint density at radius 3 is 2.43 bits per heavy atom. The maximum Gasteiger partial charge on any atom is 0.272 e. The number of aromatic nitrogens is 2. The van der Waals surface area contributed by atoms with Gasteiger partial charge < -0.3 is 9.80 Å². The van der Waals surface area contributed by atoms with Crippen molar-refractivity contribution >= 4 is 23.6 Å². The molecule has 0 aliphatic carbocycles. The predicted molar refractivity (Wildman–Crippen MR) is 119 cm³/mol. The summed E-state index contributed by atoms with van der Waals surface area (Å²) in [4.78, 5) is 34.6. The molecule has 6 nitrogen and oxygen atoms in total. The molecular weight excluding hydrogens is 396 g/mol. The van der Waals surface area contributed by atoms with E-state index in [0.717, 1.165) is 43.2 Å². The van der Waals surface area contributed by atoms with Gasteiger partial charge >= 0.3 is 0 Å².